The van der Waals surface area contributed by atoms with Gasteiger partial charge in [-0.15, -0.1) is 0 Å². The Bertz CT molecular complexity index is 455. The number of rotatable bonds is 3. The fourth-order valence-corrected chi connectivity index (χ4v) is 2.32. The summed E-state index contributed by atoms with van der Waals surface area (Å²) in [5.41, 5.74) is 0.602. The first kappa shape index (κ1) is 13.1. The molecule has 4 heteroatoms. The van der Waals surface area contributed by atoms with Crippen LogP contribution in [0.5, 0.6) is 0 Å². The van der Waals surface area contributed by atoms with Gasteiger partial charge in [0.15, 0.2) is 5.78 Å². The topological polar surface area (TPSA) is 37.4 Å². The number of nitrogens with zero attached hydrogens (tertiary/aromatic N) is 1. The Balaban J connectivity index is 2.03. The number of piperidine rings is 1. The highest BCUT2D eigenvalue weighted by molar-refractivity contribution is 6.30. The van der Waals surface area contributed by atoms with Gasteiger partial charge in [-0.2, -0.15) is 0 Å². The van der Waals surface area contributed by atoms with Crippen molar-refractivity contribution in [2.24, 2.45) is 5.92 Å². The lowest BCUT2D eigenvalue weighted by molar-refractivity contribution is -0.137. The summed E-state index contributed by atoms with van der Waals surface area (Å²) < 4.78 is 0. The van der Waals surface area contributed by atoms with E-state index in [0.29, 0.717) is 17.1 Å². The number of likely N-dealkylation sites (tertiary alicyclic amines) is 1. The summed E-state index contributed by atoms with van der Waals surface area (Å²) in [7, 11) is 0. The molecule has 1 fully saturated rings. The van der Waals surface area contributed by atoms with Crippen LogP contribution < -0.4 is 0 Å². The zero-order chi connectivity index (χ0) is 13.1. The molecule has 18 heavy (non-hydrogen) atoms. The third-order valence-electron chi connectivity index (χ3n) is 3.30. The van der Waals surface area contributed by atoms with Gasteiger partial charge in [0.25, 0.3) is 0 Å². The lowest BCUT2D eigenvalue weighted by Crippen LogP contribution is -2.42. The van der Waals surface area contributed by atoms with Crippen LogP contribution in [0.25, 0.3) is 0 Å². The molecule has 1 heterocycles. The van der Waals surface area contributed by atoms with E-state index in [2.05, 4.69) is 0 Å². The van der Waals surface area contributed by atoms with Crippen molar-refractivity contribution in [1.82, 2.24) is 4.90 Å². The molecule has 1 aliphatic rings. The first-order chi connectivity index (χ1) is 8.58. The van der Waals surface area contributed by atoms with Crippen LogP contribution in [0.4, 0.5) is 0 Å². The minimum atomic E-state index is -0.0332. The maximum Gasteiger partial charge on any atom is 0.225 e. The van der Waals surface area contributed by atoms with E-state index in [9.17, 15) is 9.59 Å². The van der Waals surface area contributed by atoms with Crippen molar-refractivity contribution < 1.29 is 9.59 Å². The fraction of sp³-hybridized carbons (Fsp3) is 0.429. The Morgan fingerprint density at radius 3 is 2.72 bits per heavy atom. The van der Waals surface area contributed by atoms with Gasteiger partial charge in [0.2, 0.25) is 5.91 Å². The van der Waals surface area contributed by atoms with Crippen LogP contribution in [-0.2, 0) is 4.79 Å². The Labute approximate surface area is 112 Å². The van der Waals surface area contributed by atoms with Crippen LogP contribution >= 0.6 is 11.6 Å². The fourth-order valence-electron chi connectivity index (χ4n) is 2.19. The third-order valence-corrected chi connectivity index (χ3v) is 3.55. The van der Waals surface area contributed by atoms with Gasteiger partial charge >= 0.3 is 0 Å². The number of ketones is 1. The van der Waals surface area contributed by atoms with E-state index in [-0.39, 0.29) is 24.2 Å². The van der Waals surface area contributed by atoms with E-state index < -0.39 is 0 Å². The minimum absolute atomic E-state index is 0.0332. The lowest BCUT2D eigenvalue weighted by Gasteiger charge is -2.30. The van der Waals surface area contributed by atoms with Gasteiger partial charge in [-0.05, 0) is 37.1 Å². The highest BCUT2D eigenvalue weighted by Crippen LogP contribution is 2.18. The number of hydrogen-bond donors (Lipinski definition) is 0. The van der Waals surface area contributed by atoms with Crippen molar-refractivity contribution in [3.05, 3.63) is 34.9 Å². The molecule has 0 bridgehead atoms. The zero-order valence-corrected chi connectivity index (χ0v) is 11.1. The summed E-state index contributed by atoms with van der Waals surface area (Å²) in [6.07, 6.45) is 1.89. The molecule has 1 amide bonds. The molecule has 0 aromatic heterocycles. The molecule has 1 atom stereocenters. The summed E-state index contributed by atoms with van der Waals surface area (Å²) in [6.45, 7) is 2.77. The average Bonchev–Trinajstić information content (AvgIpc) is 2.36. The van der Waals surface area contributed by atoms with E-state index in [0.717, 1.165) is 12.8 Å². The predicted octanol–water partition coefficient (Wildman–Crippen LogP) is 2.78. The third kappa shape index (κ3) is 2.91. The Morgan fingerprint density at radius 2 is 2.06 bits per heavy atom. The quantitative estimate of drug-likeness (QED) is 0.788. The Hall–Kier alpha value is -1.35. The average molecular weight is 266 g/mol. The summed E-state index contributed by atoms with van der Waals surface area (Å²) >= 11 is 5.77. The van der Waals surface area contributed by atoms with Crippen molar-refractivity contribution in [3.63, 3.8) is 0 Å². The van der Waals surface area contributed by atoms with Crippen molar-refractivity contribution in [2.75, 3.05) is 13.1 Å². The van der Waals surface area contributed by atoms with Crippen LogP contribution in [0.1, 0.15) is 30.1 Å². The first-order valence-corrected chi connectivity index (χ1v) is 6.53. The summed E-state index contributed by atoms with van der Waals surface area (Å²) in [4.78, 5) is 25.6. The molecule has 0 N–H and O–H groups in total. The number of Topliss-reactive ketones (excluding diaryl/α,β-unsaturated/α-hetero) is 1. The van der Waals surface area contributed by atoms with Crippen molar-refractivity contribution >= 4 is 23.3 Å². The van der Waals surface area contributed by atoms with Gasteiger partial charge < -0.3 is 4.90 Å². The number of halogens is 1. The molecule has 3 nitrogen and oxygen atoms in total. The number of hydrogen-bond acceptors (Lipinski definition) is 2. The number of carbonyl (C=O) groups is 2. The van der Waals surface area contributed by atoms with Crippen molar-refractivity contribution in [1.29, 1.82) is 0 Å². The standard InChI is InChI=1S/C14H16ClNO2/c1-10-3-2-8-16(14(10)18)9-13(17)11-4-6-12(15)7-5-11/h4-7,10H,2-3,8-9H2,1H3. The first-order valence-electron chi connectivity index (χ1n) is 6.15. The van der Waals surface area contributed by atoms with Crippen LogP contribution in [0.3, 0.4) is 0 Å². The molecule has 1 aliphatic heterocycles. The molecule has 0 radical (unpaired) electrons. The molecule has 1 aromatic carbocycles. The summed E-state index contributed by atoms with van der Waals surface area (Å²) in [5, 5.41) is 0.606. The van der Waals surface area contributed by atoms with E-state index in [4.69, 9.17) is 11.6 Å². The normalized spacial score (nSPS) is 20.0. The monoisotopic (exact) mass is 265 g/mol. The second-order valence-corrected chi connectivity index (χ2v) is 5.17. The number of amides is 1. The van der Waals surface area contributed by atoms with E-state index in [1.54, 1.807) is 29.2 Å². The molecule has 1 saturated heterocycles. The number of benzene rings is 1. The second-order valence-electron chi connectivity index (χ2n) is 4.73. The highest BCUT2D eigenvalue weighted by Gasteiger charge is 2.26. The Kier molecular flexibility index (Phi) is 4.02. The highest BCUT2D eigenvalue weighted by atomic mass is 35.5. The maximum absolute atomic E-state index is 12.0. The zero-order valence-electron chi connectivity index (χ0n) is 10.4. The molecule has 0 saturated carbocycles. The van der Waals surface area contributed by atoms with Crippen molar-refractivity contribution in [3.8, 4) is 0 Å². The van der Waals surface area contributed by atoms with Gasteiger partial charge in [0.1, 0.15) is 0 Å². The Morgan fingerprint density at radius 1 is 1.39 bits per heavy atom. The molecule has 1 unspecified atom stereocenters. The predicted molar refractivity (Wildman–Crippen MR) is 70.8 cm³/mol. The summed E-state index contributed by atoms with van der Waals surface area (Å²) in [5.74, 6) is 0.0921. The molecule has 2 rings (SSSR count). The van der Waals surface area contributed by atoms with Crippen LogP contribution in [0.2, 0.25) is 5.02 Å². The van der Waals surface area contributed by atoms with E-state index in [1.807, 2.05) is 6.92 Å². The van der Waals surface area contributed by atoms with Gasteiger partial charge in [-0.25, -0.2) is 0 Å². The molecular weight excluding hydrogens is 250 g/mol. The number of carbonyl (C=O) groups excluding carboxylic acids is 2. The molecule has 1 aromatic rings. The molecular formula is C14H16ClNO2. The van der Waals surface area contributed by atoms with E-state index in [1.165, 1.54) is 0 Å². The van der Waals surface area contributed by atoms with Crippen LogP contribution in [-0.4, -0.2) is 29.7 Å². The van der Waals surface area contributed by atoms with Crippen LogP contribution in [0, 0.1) is 5.92 Å². The minimum Gasteiger partial charge on any atom is -0.335 e. The summed E-state index contributed by atoms with van der Waals surface area (Å²) in [6, 6.07) is 6.77. The van der Waals surface area contributed by atoms with Gasteiger partial charge in [-0.1, -0.05) is 18.5 Å². The molecule has 0 spiro atoms. The lowest BCUT2D eigenvalue weighted by atomic mass is 9.98. The largest absolute Gasteiger partial charge is 0.335 e. The van der Waals surface area contributed by atoms with E-state index >= 15 is 0 Å². The van der Waals surface area contributed by atoms with Gasteiger partial charge in [0, 0.05) is 23.0 Å². The second kappa shape index (κ2) is 5.53. The maximum atomic E-state index is 12.0. The van der Waals surface area contributed by atoms with Gasteiger partial charge in [0.05, 0.1) is 6.54 Å². The SMILES string of the molecule is CC1CCCN(CC(=O)c2ccc(Cl)cc2)C1=O. The van der Waals surface area contributed by atoms with Crippen molar-refractivity contribution in [2.45, 2.75) is 19.8 Å². The van der Waals surface area contributed by atoms with Crippen LogP contribution in [0.15, 0.2) is 24.3 Å². The van der Waals surface area contributed by atoms with Gasteiger partial charge in [-0.3, -0.25) is 9.59 Å². The smallest absolute Gasteiger partial charge is 0.225 e. The molecule has 96 valence electrons. The molecule has 0 aliphatic carbocycles.